The largest absolute Gasteiger partial charge is 0.444 e. The molecule has 216 valence electrons. The molecule has 1 aliphatic carbocycles. The van der Waals surface area contributed by atoms with E-state index in [0.29, 0.717) is 45.2 Å². The minimum Gasteiger partial charge on any atom is -0.444 e. The van der Waals surface area contributed by atoms with Crippen LogP contribution >= 0.6 is 0 Å². The lowest BCUT2D eigenvalue weighted by molar-refractivity contribution is -0.141. The summed E-state index contributed by atoms with van der Waals surface area (Å²) in [5.74, 6) is -0.387. The lowest BCUT2D eigenvalue weighted by atomic mass is 10.1. The van der Waals surface area contributed by atoms with Gasteiger partial charge in [-0.05, 0) is 76.1 Å². The van der Waals surface area contributed by atoms with Gasteiger partial charge in [-0.15, -0.1) is 0 Å². The van der Waals surface area contributed by atoms with Gasteiger partial charge in [0.05, 0.1) is 23.0 Å². The first-order valence-corrected chi connectivity index (χ1v) is 15.2. The number of carbonyl (C=O) groups is 3. The van der Waals surface area contributed by atoms with Crippen molar-refractivity contribution >= 4 is 27.9 Å². The first kappa shape index (κ1) is 28.3. The number of benzene rings is 1. The van der Waals surface area contributed by atoms with Gasteiger partial charge < -0.3 is 19.9 Å². The van der Waals surface area contributed by atoms with Gasteiger partial charge in [-0.25, -0.2) is 18.4 Å². The quantitative estimate of drug-likeness (QED) is 0.510. The van der Waals surface area contributed by atoms with E-state index < -0.39 is 39.8 Å². The second kappa shape index (κ2) is 10.3. The maximum Gasteiger partial charge on any atom is 0.408 e. The number of alkyl carbamates (subject to hydrolysis) is 1. The number of carbonyl (C=O) groups excluding carboxylic acids is 3. The van der Waals surface area contributed by atoms with E-state index in [1.165, 1.54) is 11.0 Å². The third-order valence-electron chi connectivity index (χ3n) is 8.23. The van der Waals surface area contributed by atoms with Crippen LogP contribution in [-0.4, -0.2) is 90.4 Å². The molecule has 13 heteroatoms. The molecule has 3 aliphatic heterocycles. The van der Waals surface area contributed by atoms with Crippen molar-refractivity contribution in [2.24, 2.45) is 5.14 Å². The van der Waals surface area contributed by atoms with Gasteiger partial charge in [0.15, 0.2) is 0 Å². The molecule has 40 heavy (non-hydrogen) atoms. The SMILES string of the molecule is CC(C)(C)OC(=O)N[C@@H](CN1CC2C[C@H]1C(=O)N2[C@@H]1CCc2cc(S(N)(=O)=O)ccc21)C(=O)N1CCC[C@H]1C#N. The number of amides is 3. The van der Waals surface area contributed by atoms with E-state index in [4.69, 9.17) is 9.88 Å². The fourth-order valence-corrected chi connectivity index (χ4v) is 7.14. The topological polar surface area (TPSA) is 166 Å². The van der Waals surface area contributed by atoms with E-state index in [0.717, 1.165) is 11.1 Å². The molecule has 0 spiro atoms. The van der Waals surface area contributed by atoms with Gasteiger partial charge in [-0.2, -0.15) is 5.26 Å². The molecule has 1 aromatic rings. The Morgan fingerprint density at radius 3 is 2.65 bits per heavy atom. The average Bonchev–Trinajstić information content (AvgIpc) is 3.64. The minimum absolute atomic E-state index is 0.0378. The number of nitrogens with zero attached hydrogens (tertiary/aromatic N) is 4. The minimum atomic E-state index is -3.81. The van der Waals surface area contributed by atoms with Gasteiger partial charge in [0.25, 0.3) is 0 Å². The highest BCUT2D eigenvalue weighted by Gasteiger charge is 2.53. The van der Waals surface area contributed by atoms with Gasteiger partial charge in [-0.3, -0.25) is 14.5 Å². The molecule has 3 heterocycles. The number of hydrogen-bond acceptors (Lipinski definition) is 8. The van der Waals surface area contributed by atoms with Gasteiger partial charge in [0, 0.05) is 25.7 Å². The molecule has 0 radical (unpaired) electrons. The van der Waals surface area contributed by atoms with Gasteiger partial charge in [0.1, 0.15) is 17.7 Å². The second-order valence-electron chi connectivity index (χ2n) is 12.1. The molecule has 3 amide bonds. The zero-order valence-electron chi connectivity index (χ0n) is 23.0. The first-order valence-electron chi connectivity index (χ1n) is 13.7. The van der Waals surface area contributed by atoms with Gasteiger partial charge in [-0.1, -0.05) is 6.07 Å². The number of rotatable bonds is 6. The van der Waals surface area contributed by atoms with Crippen LogP contribution in [0.25, 0.3) is 0 Å². The predicted molar refractivity (Wildman–Crippen MR) is 143 cm³/mol. The van der Waals surface area contributed by atoms with Crippen LogP contribution in [0.3, 0.4) is 0 Å². The summed E-state index contributed by atoms with van der Waals surface area (Å²) in [7, 11) is -3.81. The van der Waals surface area contributed by atoms with Crippen molar-refractivity contribution < 1.29 is 27.5 Å². The molecule has 3 saturated heterocycles. The van der Waals surface area contributed by atoms with Crippen LogP contribution in [0.4, 0.5) is 4.79 Å². The molecule has 3 fully saturated rings. The lowest BCUT2D eigenvalue weighted by Crippen LogP contribution is -2.59. The first-order chi connectivity index (χ1) is 18.8. The maximum absolute atomic E-state index is 13.6. The summed E-state index contributed by atoms with van der Waals surface area (Å²) >= 11 is 0. The van der Waals surface area contributed by atoms with E-state index in [2.05, 4.69) is 11.4 Å². The van der Waals surface area contributed by atoms with E-state index in [1.807, 2.05) is 9.80 Å². The molecule has 1 aromatic carbocycles. The number of nitriles is 1. The zero-order valence-corrected chi connectivity index (χ0v) is 23.8. The third kappa shape index (κ3) is 5.40. The summed E-state index contributed by atoms with van der Waals surface area (Å²) in [5.41, 5.74) is 1.07. The van der Waals surface area contributed by atoms with Crippen molar-refractivity contribution in [3.63, 3.8) is 0 Å². The van der Waals surface area contributed by atoms with Crippen LogP contribution in [0.5, 0.6) is 0 Å². The zero-order chi connectivity index (χ0) is 29.0. The Morgan fingerprint density at radius 1 is 1.25 bits per heavy atom. The molecule has 0 saturated carbocycles. The van der Waals surface area contributed by atoms with Crippen molar-refractivity contribution in [3.05, 3.63) is 29.3 Å². The van der Waals surface area contributed by atoms with Crippen LogP contribution in [0, 0.1) is 11.3 Å². The normalized spacial score (nSPS) is 27.0. The molecule has 0 aromatic heterocycles. The molecular weight excluding hydrogens is 536 g/mol. The maximum atomic E-state index is 13.6. The number of aryl methyl sites for hydroxylation is 1. The number of fused-ring (bicyclic) bond motifs is 3. The fourth-order valence-electron chi connectivity index (χ4n) is 6.57. The van der Waals surface area contributed by atoms with E-state index in [1.54, 1.807) is 32.9 Å². The van der Waals surface area contributed by atoms with Crippen LogP contribution in [-0.2, 0) is 30.8 Å². The third-order valence-corrected chi connectivity index (χ3v) is 9.14. The smallest absolute Gasteiger partial charge is 0.408 e. The number of primary sulfonamides is 1. The molecule has 5 rings (SSSR count). The average molecular weight is 573 g/mol. The summed E-state index contributed by atoms with van der Waals surface area (Å²) in [6.07, 6.45) is 2.54. The molecule has 4 aliphatic rings. The Morgan fingerprint density at radius 2 is 2.00 bits per heavy atom. The van der Waals surface area contributed by atoms with E-state index >= 15 is 0 Å². The molecule has 1 unspecified atom stereocenters. The number of sulfonamides is 1. The summed E-state index contributed by atoms with van der Waals surface area (Å²) in [4.78, 5) is 45.3. The van der Waals surface area contributed by atoms with Crippen molar-refractivity contribution in [2.45, 2.75) is 93.6 Å². The summed E-state index contributed by atoms with van der Waals surface area (Å²) in [5, 5.41) is 17.5. The monoisotopic (exact) mass is 572 g/mol. The number of nitrogens with two attached hydrogens (primary N) is 1. The van der Waals surface area contributed by atoms with E-state index in [-0.39, 0.29) is 35.3 Å². The number of nitrogens with one attached hydrogen (secondary N) is 1. The summed E-state index contributed by atoms with van der Waals surface area (Å²) in [6, 6.07) is 4.86. The Balaban J connectivity index is 1.31. The van der Waals surface area contributed by atoms with Gasteiger partial charge in [0.2, 0.25) is 21.8 Å². The van der Waals surface area contributed by atoms with Crippen LogP contribution in [0.1, 0.15) is 63.6 Å². The highest BCUT2D eigenvalue weighted by Crippen LogP contribution is 2.44. The van der Waals surface area contributed by atoms with Crippen molar-refractivity contribution in [2.75, 3.05) is 19.6 Å². The number of piperazine rings is 1. The van der Waals surface area contributed by atoms with Crippen molar-refractivity contribution in [1.82, 2.24) is 20.0 Å². The summed E-state index contributed by atoms with van der Waals surface area (Å²) < 4.78 is 29.0. The molecule has 12 nitrogen and oxygen atoms in total. The van der Waals surface area contributed by atoms with Crippen LogP contribution < -0.4 is 10.5 Å². The Hall–Kier alpha value is -3.21. The number of hydrogen-bond donors (Lipinski definition) is 2. The number of likely N-dealkylation sites (tertiary alicyclic amines) is 3. The lowest BCUT2D eigenvalue weighted by Gasteiger charge is -2.39. The van der Waals surface area contributed by atoms with Crippen molar-refractivity contribution in [1.29, 1.82) is 5.26 Å². The molecule has 2 bridgehead atoms. The predicted octanol–water partition coefficient (Wildman–Crippen LogP) is 1.01. The second-order valence-corrected chi connectivity index (χ2v) is 13.6. The number of ether oxygens (including phenoxy) is 1. The Bertz CT molecular complexity index is 1370. The Labute approximate surface area is 234 Å². The highest BCUT2D eigenvalue weighted by atomic mass is 32.2. The highest BCUT2D eigenvalue weighted by molar-refractivity contribution is 7.89. The van der Waals surface area contributed by atoms with Crippen LogP contribution in [0.15, 0.2) is 23.1 Å². The van der Waals surface area contributed by atoms with Gasteiger partial charge >= 0.3 is 6.09 Å². The van der Waals surface area contributed by atoms with E-state index in [9.17, 15) is 28.1 Å². The van der Waals surface area contributed by atoms with Crippen molar-refractivity contribution in [3.8, 4) is 6.07 Å². The fraction of sp³-hybridized carbons (Fsp3) is 0.630. The summed E-state index contributed by atoms with van der Waals surface area (Å²) in [6.45, 7) is 6.32. The molecule has 3 N–H and O–H groups in total. The standard InChI is InChI=1S/C27H36N6O6S/c1-27(2,3)39-26(36)30-21(24(34)32-10-4-5-17(32)13-28)15-31-14-18-12-23(31)25(35)33(18)22-9-6-16-11-19(40(29,37)38)7-8-20(16)22/h7-8,11,17-18,21-23H,4-6,9-10,12,14-15H2,1-3H3,(H,30,36)(H2,29,37,38)/t17-,18?,21-,22+,23-/m0/s1. The van der Waals surface area contributed by atoms with Crippen LogP contribution in [0.2, 0.25) is 0 Å². The molecular formula is C27H36N6O6S. The molecule has 5 atom stereocenters. The Kier molecular flexibility index (Phi) is 7.31.